The first-order valence-corrected chi connectivity index (χ1v) is 9.57. The normalized spacial score (nSPS) is 14.4. The van der Waals surface area contributed by atoms with Crippen molar-refractivity contribution in [2.24, 2.45) is 0 Å². The van der Waals surface area contributed by atoms with Gasteiger partial charge in [0, 0.05) is 5.92 Å². The van der Waals surface area contributed by atoms with E-state index in [-0.39, 0.29) is 11.7 Å². The highest BCUT2D eigenvalue weighted by molar-refractivity contribution is 5.81. The van der Waals surface area contributed by atoms with Crippen LogP contribution < -0.4 is 5.32 Å². The van der Waals surface area contributed by atoms with Gasteiger partial charge < -0.3 is 14.8 Å². The Hall–Kier alpha value is -2.89. The second-order valence-electron chi connectivity index (χ2n) is 7.95. The fraction of sp³-hybridized carbons (Fsp3) is 0.391. The van der Waals surface area contributed by atoms with Crippen LogP contribution in [0.15, 0.2) is 54.6 Å². The van der Waals surface area contributed by atoms with E-state index in [1.54, 1.807) is 39.8 Å². The van der Waals surface area contributed by atoms with Crippen LogP contribution in [-0.2, 0) is 14.3 Å². The van der Waals surface area contributed by atoms with Crippen LogP contribution in [0.2, 0.25) is 0 Å². The van der Waals surface area contributed by atoms with Crippen LogP contribution in [0.1, 0.15) is 51.7 Å². The summed E-state index contributed by atoms with van der Waals surface area (Å²) in [6.45, 7) is 8.54. The first kappa shape index (κ1) is 22.4. The lowest BCUT2D eigenvalue weighted by Gasteiger charge is -2.27. The molecule has 3 atom stereocenters. The lowest BCUT2D eigenvalue weighted by atomic mass is 9.87. The molecule has 1 amide bonds. The molecular weight excluding hydrogens is 373 g/mol. The summed E-state index contributed by atoms with van der Waals surface area (Å²) < 4.78 is 24.2. The lowest BCUT2D eigenvalue weighted by Crippen LogP contribution is -2.43. The van der Waals surface area contributed by atoms with E-state index >= 15 is 0 Å². The molecule has 0 aliphatic carbocycles. The maximum atomic E-state index is 13.4. The minimum Gasteiger partial charge on any atom is -0.460 e. The highest BCUT2D eigenvalue weighted by Gasteiger charge is 2.28. The summed E-state index contributed by atoms with van der Waals surface area (Å²) in [4.78, 5) is 24.4. The number of carbonyl (C=O) groups is 2. The summed E-state index contributed by atoms with van der Waals surface area (Å²) in [5.74, 6) is -1.19. The molecule has 2 aromatic rings. The van der Waals surface area contributed by atoms with Crippen molar-refractivity contribution in [2.75, 3.05) is 0 Å². The molecule has 29 heavy (non-hydrogen) atoms. The number of halogens is 1. The molecule has 0 aliphatic heterocycles. The van der Waals surface area contributed by atoms with E-state index in [0.717, 1.165) is 11.1 Å². The quantitative estimate of drug-likeness (QED) is 0.706. The standard InChI is InChI=1S/C23H28FNO4/c1-15(25-22(27)29-23(3,4)5)21(26)28-16(2)20(17-9-7-6-8-10-17)18-11-13-19(24)14-12-18/h6-16,20H,1-5H3,(H,25,27)/t15-,16-,20+/m0/s1. The van der Waals surface area contributed by atoms with Crippen LogP contribution in [0.3, 0.4) is 0 Å². The maximum absolute atomic E-state index is 13.4. The van der Waals surface area contributed by atoms with Gasteiger partial charge in [0.25, 0.3) is 0 Å². The van der Waals surface area contributed by atoms with E-state index in [0.29, 0.717) is 0 Å². The monoisotopic (exact) mass is 401 g/mol. The summed E-state index contributed by atoms with van der Waals surface area (Å²) in [7, 11) is 0. The van der Waals surface area contributed by atoms with Crippen LogP contribution in [0.5, 0.6) is 0 Å². The smallest absolute Gasteiger partial charge is 0.408 e. The lowest BCUT2D eigenvalue weighted by molar-refractivity contribution is -0.150. The average Bonchev–Trinajstić information content (AvgIpc) is 2.62. The third kappa shape index (κ3) is 6.89. The SMILES string of the molecule is C[C@H](NC(=O)OC(C)(C)C)C(=O)O[C@@H](C)[C@H](c1ccccc1)c1ccc(F)cc1. The van der Waals surface area contributed by atoms with E-state index < -0.39 is 29.8 Å². The summed E-state index contributed by atoms with van der Waals surface area (Å²) in [5, 5.41) is 2.48. The molecule has 0 bridgehead atoms. The third-order valence-electron chi connectivity index (χ3n) is 4.25. The van der Waals surface area contributed by atoms with Crippen molar-refractivity contribution in [3.05, 3.63) is 71.5 Å². The Bertz CT molecular complexity index is 815. The molecule has 0 saturated carbocycles. The minimum absolute atomic E-state index is 0.283. The molecule has 156 valence electrons. The molecule has 0 aliphatic rings. The zero-order valence-corrected chi connectivity index (χ0v) is 17.4. The molecular formula is C23H28FNO4. The van der Waals surface area contributed by atoms with Gasteiger partial charge in [-0.15, -0.1) is 0 Å². The van der Waals surface area contributed by atoms with Crippen molar-refractivity contribution in [3.8, 4) is 0 Å². The Morgan fingerprint density at radius 1 is 0.931 bits per heavy atom. The average molecular weight is 401 g/mol. The molecule has 5 nitrogen and oxygen atoms in total. The summed E-state index contributed by atoms with van der Waals surface area (Å²) in [5.41, 5.74) is 1.10. The molecule has 2 aromatic carbocycles. The van der Waals surface area contributed by atoms with Gasteiger partial charge in [-0.25, -0.2) is 14.0 Å². The van der Waals surface area contributed by atoms with Crippen molar-refractivity contribution < 1.29 is 23.5 Å². The van der Waals surface area contributed by atoms with Gasteiger partial charge >= 0.3 is 12.1 Å². The Morgan fingerprint density at radius 2 is 1.48 bits per heavy atom. The Balaban J connectivity index is 2.13. The minimum atomic E-state index is -0.878. The molecule has 0 fully saturated rings. The first-order chi connectivity index (χ1) is 13.6. The Morgan fingerprint density at radius 3 is 2.03 bits per heavy atom. The van der Waals surface area contributed by atoms with Crippen molar-refractivity contribution in [1.29, 1.82) is 0 Å². The van der Waals surface area contributed by atoms with Crippen LogP contribution in [0.4, 0.5) is 9.18 Å². The number of carbonyl (C=O) groups excluding carboxylic acids is 2. The van der Waals surface area contributed by atoms with E-state index in [4.69, 9.17) is 9.47 Å². The topological polar surface area (TPSA) is 64.6 Å². The Kier molecular flexibility index (Phi) is 7.37. The van der Waals surface area contributed by atoms with Crippen LogP contribution in [0, 0.1) is 5.82 Å². The molecule has 1 N–H and O–H groups in total. The fourth-order valence-electron chi connectivity index (χ4n) is 2.96. The number of alkyl carbamates (subject to hydrolysis) is 1. The van der Waals surface area contributed by atoms with Crippen LogP contribution in [-0.4, -0.2) is 29.8 Å². The number of nitrogens with one attached hydrogen (secondary N) is 1. The van der Waals surface area contributed by atoms with Crippen LogP contribution in [0.25, 0.3) is 0 Å². The molecule has 0 radical (unpaired) electrons. The number of amides is 1. The molecule has 2 rings (SSSR count). The van der Waals surface area contributed by atoms with Gasteiger partial charge in [0.2, 0.25) is 0 Å². The highest BCUT2D eigenvalue weighted by Crippen LogP contribution is 2.30. The van der Waals surface area contributed by atoms with Gasteiger partial charge in [-0.1, -0.05) is 42.5 Å². The van der Waals surface area contributed by atoms with E-state index in [2.05, 4.69) is 5.32 Å². The maximum Gasteiger partial charge on any atom is 0.408 e. The Labute approximate surface area is 171 Å². The van der Waals surface area contributed by atoms with Gasteiger partial charge in [-0.2, -0.15) is 0 Å². The molecule has 0 aromatic heterocycles. The summed E-state index contributed by atoms with van der Waals surface area (Å²) in [6.07, 6.45) is -1.23. The number of hydrogen-bond donors (Lipinski definition) is 1. The summed E-state index contributed by atoms with van der Waals surface area (Å²) in [6, 6.07) is 14.8. The predicted molar refractivity (Wildman–Crippen MR) is 109 cm³/mol. The largest absolute Gasteiger partial charge is 0.460 e. The van der Waals surface area contributed by atoms with Crippen molar-refractivity contribution in [1.82, 2.24) is 5.32 Å². The molecule has 0 unspecified atom stereocenters. The van der Waals surface area contributed by atoms with Gasteiger partial charge in [0.05, 0.1) is 0 Å². The number of rotatable bonds is 6. The van der Waals surface area contributed by atoms with Crippen molar-refractivity contribution in [2.45, 2.75) is 58.3 Å². The second kappa shape index (κ2) is 9.54. The van der Waals surface area contributed by atoms with Gasteiger partial charge in [-0.05, 0) is 57.9 Å². The highest BCUT2D eigenvalue weighted by atomic mass is 19.1. The zero-order chi connectivity index (χ0) is 21.6. The van der Waals surface area contributed by atoms with Crippen molar-refractivity contribution in [3.63, 3.8) is 0 Å². The third-order valence-corrected chi connectivity index (χ3v) is 4.25. The van der Waals surface area contributed by atoms with E-state index in [1.807, 2.05) is 30.3 Å². The second-order valence-corrected chi connectivity index (χ2v) is 7.95. The van der Waals surface area contributed by atoms with Gasteiger partial charge in [0.1, 0.15) is 23.6 Å². The van der Waals surface area contributed by atoms with Gasteiger partial charge in [0.15, 0.2) is 0 Å². The molecule has 0 heterocycles. The zero-order valence-electron chi connectivity index (χ0n) is 17.4. The molecule has 0 saturated heterocycles. The molecule has 0 spiro atoms. The van der Waals surface area contributed by atoms with E-state index in [9.17, 15) is 14.0 Å². The van der Waals surface area contributed by atoms with Gasteiger partial charge in [-0.3, -0.25) is 0 Å². The predicted octanol–water partition coefficient (Wildman–Crippen LogP) is 4.80. The molecule has 6 heteroatoms. The van der Waals surface area contributed by atoms with Crippen molar-refractivity contribution >= 4 is 12.1 Å². The van der Waals surface area contributed by atoms with Crippen LogP contribution >= 0.6 is 0 Å². The van der Waals surface area contributed by atoms with E-state index in [1.165, 1.54) is 19.1 Å². The fourth-order valence-corrected chi connectivity index (χ4v) is 2.96. The number of ether oxygens (including phenoxy) is 2. The number of benzene rings is 2. The number of esters is 1. The first-order valence-electron chi connectivity index (χ1n) is 9.57. The summed E-state index contributed by atoms with van der Waals surface area (Å²) >= 11 is 0. The number of hydrogen-bond acceptors (Lipinski definition) is 4.